The van der Waals surface area contributed by atoms with Crippen molar-refractivity contribution in [3.63, 3.8) is 0 Å². The van der Waals surface area contributed by atoms with E-state index in [1.54, 1.807) is 0 Å². The van der Waals surface area contributed by atoms with E-state index in [9.17, 15) is 5.11 Å². The number of aliphatic hydroxyl groups excluding tert-OH is 3. The van der Waals surface area contributed by atoms with Gasteiger partial charge in [-0.3, -0.25) is 0 Å². The molecular formula is C9H20NO3+. The zero-order chi connectivity index (χ0) is 9.68. The normalized spacial score (nSPS) is 31.6. The van der Waals surface area contributed by atoms with E-state index in [-0.39, 0.29) is 13.2 Å². The monoisotopic (exact) mass is 190 g/mol. The van der Waals surface area contributed by atoms with Gasteiger partial charge < -0.3 is 20.2 Å². The third-order valence-corrected chi connectivity index (χ3v) is 2.71. The topological polar surface area (TPSA) is 65.1 Å². The van der Waals surface area contributed by atoms with E-state index in [1.165, 1.54) is 4.90 Å². The Morgan fingerprint density at radius 1 is 1.38 bits per heavy atom. The first-order chi connectivity index (χ1) is 6.26. The molecule has 0 aromatic rings. The molecule has 1 aliphatic heterocycles. The van der Waals surface area contributed by atoms with Gasteiger partial charge in [0.2, 0.25) is 0 Å². The number of nitrogens with one attached hydrogen (secondary N) is 1. The molecule has 0 bridgehead atoms. The van der Waals surface area contributed by atoms with Crippen LogP contribution in [0.3, 0.4) is 0 Å². The van der Waals surface area contributed by atoms with Crippen LogP contribution in [0, 0.1) is 5.92 Å². The van der Waals surface area contributed by atoms with E-state index in [0.29, 0.717) is 12.5 Å². The molecule has 4 heteroatoms. The molecule has 3 atom stereocenters. The van der Waals surface area contributed by atoms with Gasteiger partial charge in [-0.15, -0.1) is 0 Å². The van der Waals surface area contributed by atoms with Gasteiger partial charge in [0, 0.05) is 5.92 Å². The molecule has 78 valence electrons. The number of likely N-dealkylation sites (tertiary alicyclic amines) is 1. The highest BCUT2D eigenvalue weighted by Crippen LogP contribution is 2.05. The van der Waals surface area contributed by atoms with Crippen molar-refractivity contribution in [3.05, 3.63) is 0 Å². The zero-order valence-electron chi connectivity index (χ0n) is 7.95. The van der Waals surface area contributed by atoms with Crippen LogP contribution >= 0.6 is 0 Å². The second kappa shape index (κ2) is 5.54. The predicted molar refractivity (Wildman–Crippen MR) is 48.5 cm³/mol. The summed E-state index contributed by atoms with van der Waals surface area (Å²) >= 11 is 0. The first-order valence-corrected chi connectivity index (χ1v) is 4.99. The zero-order valence-corrected chi connectivity index (χ0v) is 7.95. The number of piperidine rings is 1. The highest BCUT2D eigenvalue weighted by atomic mass is 16.3. The molecule has 0 spiro atoms. The van der Waals surface area contributed by atoms with Gasteiger partial charge in [0.05, 0.1) is 26.3 Å². The molecule has 1 aliphatic rings. The summed E-state index contributed by atoms with van der Waals surface area (Å²) in [4.78, 5) is 1.30. The van der Waals surface area contributed by atoms with Crippen molar-refractivity contribution in [1.82, 2.24) is 0 Å². The minimum absolute atomic E-state index is 0.159. The molecule has 1 unspecified atom stereocenters. The quantitative estimate of drug-likeness (QED) is 0.400. The SMILES string of the molecule is OC[C@@H](O)C[NH+]1CCC[C@@H](CO)C1. The van der Waals surface area contributed by atoms with E-state index in [2.05, 4.69) is 0 Å². The van der Waals surface area contributed by atoms with Gasteiger partial charge in [-0.1, -0.05) is 0 Å². The highest BCUT2D eigenvalue weighted by Gasteiger charge is 2.23. The lowest BCUT2D eigenvalue weighted by Gasteiger charge is -2.29. The summed E-state index contributed by atoms with van der Waals surface area (Å²) in [6.45, 7) is 2.67. The average molecular weight is 190 g/mol. The van der Waals surface area contributed by atoms with Gasteiger partial charge in [0.1, 0.15) is 12.6 Å². The molecule has 1 fully saturated rings. The van der Waals surface area contributed by atoms with Gasteiger partial charge in [0.15, 0.2) is 0 Å². The lowest BCUT2D eigenvalue weighted by atomic mass is 9.99. The van der Waals surface area contributed by atoms with Crippen molar-refractivity contribution >= 4 is 0 Å². The van der Waals surface area contributed by atoms with Crippen molar-refractivity contribution in [2.75, 3.05) is 32.8 Å². The van der Waals surface area contributed by atoms with Gasteiger partial charge >= 0.3 is 0 Å². The molecule has 4 N–H and O–H groups in total. The van der Waals surface area contributed by atoms with Crippen molar-refractivity contribution in [3.8, 4) is 0 Å². The minimum Gasteiger partial charge on any atom is -0.396 e. The summed E-state index contributed by atoms with van der Waals surface area (Å²) in [5.74, 6) is 0.384. The Hall–Kier alpha value is -0.160. The smallest absolute Gasteiger partial charge is 0.126 e. The molecule has 1 rings (SSSR count). The molecule has 1 heterocycles. The van der Waals surface area contributed by atoms with E-state index in [0.717, 1.165) is 25.9 Å². The molecule has 0 saturated carbocycles. The van der Waals surface area contributed by atoms with E-state index >= 15 is 0 Å². The van der Waals surface area contributed by atoms with Crippen LogP contribution in [-0.2, 0) is 0 Å². The lowest BCUT2D eigenvalue weighted by molar-refractivity contribution is -0.911. The Morgan fingerprint density at radius 2 is 2.15 bits per heavy atom. The van der Waals surface area contributed by atoms with Crippen LogP contribution in [-0.4, -0.2) is 54.3 Å². The fourth-order valence-electron chi connectivity index (χ4n) is 1.99. The fourth-order valence-corrected chi connectivity index (χ4v) is 1.99. The number of rotatable bonds is 4. The van der Waals surface area contributed by atoms with Crippen LogP contribution in [0.1, 0.15) is 12.8 Å². The fraction of sp³-hybridized carbons (Fsp3) is 1.00. The first kappa shape index (κ1) is 10.9. The van der Waals surface area contributed by atoms with Gasteiger partial charge in [-0.25, -0.2) is 0 Å². The Bertz CT molecular complexity index is 141. The molecule has 0 aromatic carbocycles. The summed E-state index contributed by atoms with van der Waals surface area (Å²) in [6, 6.07) is 0. The molecule has 4 nitrogen and oxygen atoms in total. The maximum atomic E-state index is 9.24. The standard InChI is InChI=1S/C9H19NO3/c11-6-8-2-1-3-10(4-8)5-9(13)7-12/h8-9,11-13H,1-7H2/p+1/t8-,9+/m1/s1. The van der Waals surface area contributed by atoms with Gasteiger partial charge in [-0.2, -0.15) is 0 Å². The van der Waals surface area contributed by atoms with Crippen molar-refractivity contribution < 1.29 is 20.2 Å². The van der Waals surface area contributed by atoms with Gasteiger partial charge in [0.25, 0.3) is 0 Å². The largest absolute Gasteiger partial charge is 0.396 e. The Labute approximate surface area is 78.8 Å². The Morgan fingerprint density at radius 3 is 2.77 bits per heavy atom. The molecule has 0 aliphatic carbocycles. The van der Waals surface area contributed by atoms with Crippen LogP contribution in [0.15, 0.2) is 0 Å². The third-order valence-electron chi connectivity index (χ3n) is 2.71. The Kier molecular flexibility index (Phi) is 4.66. The van der Waals surface area contributed by atoms with Crippen LogP contribution < -0.4 is 4.90 Å². The summed E-state index contributed by atoms with van der Waals surface area (Å²) in [6.07, 6.45) is 1.60. The maximum Gasteiger partial charge on any atom is 0.126 e. The number of hydrogen-bond acceptors (Lipinski definition) is 3. The summed E-state index contributed by atoms with van der Waals surface area (Å²) in [5, 5.41) is 26.9. The second-order valence-corrected chi connectivity index (χ2v) is 3.94. The van der Waals surface area contributed by atoms with Crippen LogP contribution in [0.5, 0.6) is 0 Å². The van der Waals surface area contributed by atoms with E-state index < -0.39 is 6.10 Å². The minimum atomic E-state index is -0.604. The third kappa shape index (κ3) is 3.60. The Balaban J connectivity index is 2.25. The number of hydrogen-bond donors (Lipinski definition) is 4. The lowest BCUT2D eigenvalue weighted by Crippen LogP contribution is -3.14. The molecule has 0 radical (unpaired) electrons. The number of aliphatic hydroxyl groups is 3. The van der Waals surface area contributed by atoms with Crippen molar-refractivity contribution in [2.24, 2.45) is 5.92 Å². The summed E-state index contributed by atoms with van der Waals surface area (Å²) in [5.41, 5.74) is 0. The van der Waals surface area contributed by atoms with Crippen LogP contribution in [0.25, 0.3) is 0 Å². The highest BCUT2D eigenvalue weighted by molar-refractivity contribution is 4.61. The first-order valence-electron chi connectivity index (χ1n) is 4.99. The van der Waals surface area contributed by atoms with Gasteiger partial charge in [-0.05, 0) is 12.8 Å². The van der Waals surface area contributed by atoms with Crippen LogP contribution in [0.4, 0.5) is 0 Å². The summed E-state index contributed by atoms with van der Waals surface area (Å²) in [7, 11) is 0. The molecule has 0 amide bonds. The number of quaternary nitrogens is 1. The molecular weight excluding hydrogens is 170 g/mol. The van der Waals surface area contributed by atoms with E-state index in [1.807, 2.05) is 0 Å². The van der Waals surface area contributed by atoms with Crippen LogP contribution in [0.2, 0.25) is 0 Å². The average Bonchev–Trinajstić information content (AvgIpc) is 2.18. The summed E-state index contributed by atoms with van der Waals surface area (Å²) < 4.78 is 0. The van der Waals surface area contributed by atoms with Crippen molar-refractivity contribution in [2.45, 2.75) is 18.9 Å². The molecule has 13 heavy (non-hydrogen) atoms. The second-order valence-electron chi connectivity index (χ2n) is 3.94. The van der Waals surface area contributed by atoms with E-state index in [4.69, 9.17) is 10.2 Å². The predicted octanol–water partition coefficient (Wildman–Crippen LogP) is -2.37. The van der Waals surface area contributed by atoms with Crippen molar-refractivity contribution in [1.29, 1.82) is 0 Å². The molecule has 1 saturated heterocycles. The molecule has 0 aromatic heterocycles. The maximum absolute atomic E-state index is 9.24.